The summed E-state index contributed by atoms with van der Waals surface area (Å²) in [7, 11) is 0. The summed E-state index contributed by atoms with van der Waals surface area (Å²) in [5.74, 6) is 0.0999. The summed E-state index contributed by atoms with van der Waals surface area (Å²) in [5, 5.41) is 0. The van der Waals surface area contributed by atoms with Gasteiger partial charge in [0.05, 0.1) is 0 Å². The highest BCUT2D eigenvalue weighted by atomic mass is 35.5. The molecule has 2 nitrogen and oxygen atoms in total. The third-order valence-corrected chi connectivity index (χ3v) is 1.05. The first-order valence-electron chi connectivity index (χ1n) is 2.57. The van der Waals surface area contributed by atoms with Gasteiger partial charge in [-0.3, -0.25) is 10.5 Å². The lowest BCUT2D eigenvalue weighted by molar-refractivity contribution is -0.118. The Morgan fingerprint density at radius 3 is 2.50 bits per heavy atom. The Morgan fingerprint density at radius 2 is 2.12 bits per heavy atom. The predicted octanol–water partition coefficient (Wildman–Crippen LogP) is 1.21. The Hall–Kier alpha value is -0.240. The molecule has 47 valence electrons. The van der Waals surface area contributed by atoms with Crippen molar-refractivity contribution in [3.05, 3.63) is 0 Å². The van der Waals surface area contributed by atoms with Crippen molar-refractivity contribution in [1.82, 2.24) is 5.73 Å². The number of unbranched alkanes of at least 4 members (excludes halogenated alkanes) is 1. The number of hydrogen-bond acceptors (Lipinski definition) is 1. The molecular weight excluding hydrogens is 126 g/mol. The van der Waals surface area contributed by atoms with Crippen LogP contribution in [0.4, 0.5) is 0 Å². The lowest BCUT2D eigenvalue weighted by Gasteiger charge is -1.88. The van der Waals surface area contributed by atoms with Gasteiger partial charge in [0.15, 0.2) is 0 Å². The highest BCUT2D eigenvalue weighted by molar-refractivity contribution is 6.17. The van der Waals surface area contributed by atoms with E-state index in [-0.39, 0.29) is 0 Å². The van der Waals surface area contributed by atoms with Crippen LogP contribution in [0.5, 0.6) is 0 Å². The zero-order valence-electron chi connectivity index (χ0n) is 4.61. The second kappa shape index (κ2) is 4.91. The Bertz CT molecular complexity index is 74.8. The number of carbonyl (C=O) groups is 1. The topological polar surface area (TPSA) is 40.9 Å². The summed E-state index contributed by atoms with van der Waals surface area (Å²) in [4.78, 5) is 9.94. The molecule has 3 heteroatoms. The number of amides is 1. The van der Waals surface area contributed by atoms with Crippen LogP contribution in [-0.4, -0.2) is 11.8 Å². The van der Waals surface area contributed by atoms with Crippen molar-refractivity contribution in [3.8, 4) is 0 Å². The van der Waals surface area contributed by atoms with Crippen LogP contribution in [0.15, 0.2) is 0 Å². The first kappa shape index (κ1) is 7.76. The fourth-order valence-electron chi connectivity index (χ4n) is 0.380. The molecule has 0 aromatic heterocycles. The van der Waals surface area contributed by atoms with Crippen LogP contribution in [-0.2, 0) is 4.79 Å². The maximum Gasteiger partial charge on any atom is 0.238 e. The van der Waals surface area contributed by atoms with Gasteiger partial charge in [-0.25, -0.2) is 0 Å². The van der Waals surface area contributed by atoms with E-state index in [1.165, 1.54) is 0 Å². The fraction of sp³-hybridized carbons (Fsp3) is 0.800. The molecule has 0 rings (SSSR count). The molecule has 0 bridgehead atoms. The number of alkyl halides is 1. The van der Waals surface area contributed by atoms with Crippen molar-refractivity contribution in [2.45, 2.75) is 19.3 Å². The molecule has 0 aliphatic heterocycles. The summed E-state index contributed by atoms with van der Waals surface area (Å²) in [6, 6.07) is 0. The minimum absolute atomic E-state index is 0.354. The van der Waals surface area contributed by atoms with Crippen LogP contribution in [0.3, 0.4) is 0 Å². The van der Waals surface area contributed by atoms with Gasteiger partial charge in [-0.1, -0.05) is 0 Å². The van der Waals surface area contributed by atoms with Gasteiger partial charge in [0.25, 0.3) is 0 Å². The third-order valence-electron chi connectivity index (χ3n) is 0.787. The second-order valence-electron chi connectivity index (χ2n) is 1.57. The van der Waals surface area contributed by atoms with Gasteiger partial charge in [-0.05, 0) is 12.8 Å². The molecule has 0 fully saturated rings. The summed E-state index contributed by atoms with van der Waals surface area (Å²) < 4.78 is 0. The lowest BCUT2D eigenvalue weighted by atomic mass is 10.2. The molecule has 0 unspecified atom stereocenters. The van der Waals surface area contributed by atoms with Gasteiger partial charge in [0.1, 0.15) is 0 Å². The molecule has 0 aliphatic rings. The number of hydrogen-bond donors (Lipinski definition) is 0. The Labute approximate surface area is 54.0 Å². The molecule has 0 saturated heterocycles. The van der Waals surface area contributed by atoms with E-state index in [4.69, 9.17) is 17.3 Å². The van der Waals surface area contributed by atoms with E-state index in [1.807, 2.05) is 0 Å². The maximum atomic E-state index is 9.94. The zero-order valence-corrected chi connectivity index (χ0v) is 5.37. The van der Waals surface area contributed by atoms with Gasteiger partial charge in [-0.2, -0.15) is 0 Å². The van der Waals surface area contributed by atoms with Crippen molar-refractivity contribution >= 4 is 17.5 Å². The molecule has 8 heavy (non-hydrogen) atoms. The van der Waals surface area contributed by atoms with Crippen LogP contribution in [0.25, 0.3) is 0 Å². The summed E-state index contributed by atoms with van der Waals surface area (Å²) in [6.45, 7) is 0. The van der Waals surface area contributed by atoms with Gasteiger partial charge in [-0.15, -0.1) is 11.6 Å². The molecule has 0 heterocycles. The van der Waals surface area contributed by atoms with Crippen LogP contribution >= 0.6 is 11.6 Å². The quantitative estimate of drug-likeness (QED) is 0.421. The van der Waals surface area contributed by atoms with E-state index in [0.717, 1.165) is 12.8 Å². The van der Waals surface area contributed by atoms with Gasteiger partial charge in [0.2, 0.25) is 5.91 Å². The smallest absolute Gasteiger partial charge is 0.238 e. The largest absolute Gasteiger partial charge is 0.273 e. The van der Waals surface area contributed by atoms with Crippen molar-refractivity contribution in [2.75, 3.05) is 5.88 Å². The van der Waals surface area contributed by atoms with Crippen LogP contribution < -0.4 is 5.73 Å². The van der Waals surface area contributed by atoms with Crippen molar-refractivity contribution < 1.29 is 4.79 Å². The third kappa shape index (κ3) is 5.76. The Balaban J connectivity index is 2.82. The molecular formula is C5H9ClNO. The van der Waals surface area contributed by atoms with Crippen molar-refractivity contribution in [2.24, 2.45) is 0 Å². The molecule has 0 atom stereocenters. The van der Waals surface area contributed by atoms with Gasteiger partial charge < -0.3 is 0 Å². The van der Waals surface area contributed by atoms with E-state index >= 15 is 0 Å². The molecule has 1 radical (unpaired) electrons. The molecule has 0 aromatic carbocycles. The normalized spacial score (nSPS) is 9.12. The minimum Gasteiger partial charge on any atom is -0.273 e. The SMILES string of the molecule is [NH]C(=O)CCCCCl. The average molecular weight is 135 g/mol. The molecule has 1 N–H and O–H groups in total. The minimum atomic E-state index is -0.491. The van der Waals surface area contributed by atoms with Crippen molar-refractivity contribution in [1.29, 1.82) is 0 Å². The molecule has 0 aromatic rings. The standard InChI is InChI=1S/C5H9ClNO/c6-4-2-1-3-5(7)8/h7H,1-4H2. The molecule has 0 aliphatic carbocycles. The number of carbonyl (C=O) groups excluding carboxylic acids is 1. The monoisotopic (exact) mass is 134 g/mol. The predicted molar refractivity (Wildman–Crippen MR) is 32.7 cm³/mol. The van der Waals surface area contributed by atoms with Gasteiger partial charge >= 0.3 is 0 Å². The van der Waals surface area contributed by atoms with Crippen LogP contribution in [0, 0.1) is 0 Å². The lowest BCUT2D eigenvalue weighted by Crippen LogP contribution is -1.96. The summed E-state index contributed by atoms with van der Waals surface area (Å²) in [5.41, 5.74) is 6.47. The second-order valence-corrected chi connectivity index (χ2v) is 1.95. The van der Waals surface area contributed by atoms with E-state index < -0.39 is 5.91 Å². The van der Waals surface area contributed by atoms with Gasteiger partial charge in [0, 0.05) is 12.3 Å². The highest BCUT2D eigenvalue weighted by Crippen LogP contribution is 1.95. The Kier molecular flexibility index (Phi) is 4.76. The number of nitrogens with one attached hydrogen (secondary N) is 1. The first-order valence-corrected chi connectivity index (χ1v) is 3.11. The first-order chi connectivity index (χ1) is 3.77. The van der Waals surface area contributed by atoms with E-state index in [2.05, 4.69) is 0 Å². The van der Waals surface area contributed by atoms with Crippen LogP contribution in [0.2, 0.25) is 0 Å². The number of halogens is 1. The van der Waals surface area contributed by atoms with Crippen molar-refractivity contribution in [3.63, 3.8) is 0 Å². The maximum absolute atomic E-state index is 9.94. The van der Waals surface area contributed by atoms with E-state index in [9.17, 15) is 4.79 Å². The van der Waals surface area contributed by atoms with E-state index in [1.54, 1.807) is 0 Å². The highest BCUT2D eigenvalue weighted by Gasteiger charge is 1.92. The average Bonchev–Trinajstić information content (AvgIpc) is 1.66. The van der Waals surface area contributed by atoms with E-state index in [0.29, 0.717) is 12.3 Å². The fourth-order valence-corrected chi connectivity index (χ4v) is 0.569. The zero-order chi connectivity index (χ0) is 6.41. The molecule has 1 amide bonds. The summed E-state index contributed by atoms with van der Waals surface area (Å²) >= 11 is 5.31. The molecule has 0 spiro atoms. The Morgan fingerprint density at radius 1 is 1.50 bits per heavy atom. The number of rotatable bonds is 4. The summed E-state index contributed by atoms with van der Waals surface area (Å²) in [6.07, 6.45) is 1.95. The molecule has 0 saturated carbocycles. The van der Waals surface area contributed by atoms with Crippen LogP contribution in [0.1, 0.15) is 19.3 Å².